The van der Waals surface area contributed by atoms with Crippen LogP contribution < -0.4 is 5.73 Å². The minimum Gasteiger partial charge on any atom is -0.338 e. The number of rotatable bonds is 4. The first-order chi connectivity index (χ1) is 14.0. The maximum atomic E-state index is 13.5. The predicted octanol–water partition coefficient (Wildman–Crippen LogP) is 4.05. The van der Waals surface area contributed by atoms with Crippen molar-refractivity contribution in [3.05, 3.63) is 71.9 Å². The van der Waals surface area contributed by atoms with E-state index in [0.29, 0.717) is 18.0 Å². The number of piperidine rings is 1. The lowest BCUT2D eigenvalue weighted by Gasteiger charge is -2.34. The third-order valence-electron chi connectivity index (χ3n) is 5.78. The van der Waals surface area contributed by atoms with E-state index >= 15 is 0 Å². The van der Waals surface area contributed by atoms with Crippen LogP contribution in [0.5, 0.6) is 0 Å². The summed E-state index contributed by atoms with van der Waals surface area (Å²) in [7, 11) is 0. The van der Waals surface area contributed by atoms with Crippen molar-refractivity contribution in [2.24, 2.45) is 11.7 Å². The SMILES string of the molecule is Cc1ccc(-n2cc(C(=O)N3CCCC(C(C)N)C3)c(-c3ccccc3)n2)cc1. The molecular formula is C24H28N4O. The number of amides is 1. The number of carbonyl (C=O) groups excluding carboxylic acids is 1. The Balaban J connectivity index is 1.73. The van der Waals surface area contributed by atoms with Gasteiger partial charge in [0.25, 0.3) is 5.91 Å². The van der Waals surface area contributed by atoms with E-state index in [1.165, 1.54) is 5.56 Å². The lowest BCUT2D eigenvalue weighted by molar-refractivity contribution is 0.0661. The molecule has 2 heterocycles. The van der Waals surface area contributed by atoms with Gasteiger partial charge in [-0.25, -0.2) is 4.68 Å². The van der Waals surface area contributed by atoms with Crippen LogP contribution >= 0.6 is 0 Å². The molecule has 0 spiro atoms. The van der Waals surface area contributed by atoms with Gasteiger partial charge in [-0.2, -0.15) is 5.10 Å². The standard InChI is InChI=1S/C24H28N4O/c1-17-10-12-21(13-11-17)28-16-22(23(26-28)19-7-4-3-5-8-19)24(29)27-14-6-9-20(15-27)18(2)25/h3-5,7-8,10-13,16,18,20H,6,9,14-15,25H2,1-2H3. The molecule has 1 saturated heterocycles. The van der Waals surface area contributed by atoms with Crippen LogP contribution in [-0.4, -0.2) is 39.7 Å². The van der Waals surface area contributed by atoms with Gasteiger partial charge in [-0.1, -0.05) is 48.0 Å². The fourth-order valence-electron chi connectivity index (χ4n) is 3.96. The highest BCUT2D eigenvalue weighted by molar-refractivity contribution is 6.00. The summed E-state index contributed by atoms with van der Waals surface area (Å²) in [5.74, 6) is 0.382. The molecule has 2 unspecified atom stereocenters. The summed E-state index contributed by atoms with van der Waals surface area (Å²) in [6, 6.07) is 18.2. The molecule has 5 heteroatoms. The van der Waals surface area contributed by atoms with Crippen LogP contribution in [0.1, 0.15) is 35.7 Å². The molecule has 0 saturated carbocycles. The summed E-state index contributed by atoms with van der Waals surface area (Å²) < 4.78 is 1.81. The number of aromatic nitrogens is 2. The van der Waals surface area contributed by atoms with Gasteiger partial charge >= 0.3 is 0 Å². The predicted molar refractivity (Wildman–Crippen MR) is 116 cm³/mol. The first kappa shape index (κ1) is 19.4. The number of likely N-dealkylation sites (tertiary alicyclic amines) is 1. The molecule has 3 aromatic rings. The molecule has 5 nitrogen and oxygen atoms in total. The highest BCUT2D eigenvalue weighted by Crippen LogP contribution is 2.27. The first-order valence-corrected chi connectivity index (χ1v) is 10.3. The zero-order valence-corrected chi connectivity index (χ0v) is 17.1. The van der Waals surface area contributed by atoms with Crippen LogP contribution in [0.3, 0.4) is 0 Å². The van der Waals surface area contributed by atoms with E-state index < -0.39 is 0 Å². The van der Waals surface area contributed by atoms with Crippen molar-refractivity contribution in [2.45, 2.75) is 32.7 Å². The zero-order chi connectivity index (χ0) is 20.4. The van der Waals surface area contributed by atoms with Crippen molar-refractivity contribution in [3.63, 3.8) is 0 Å². The number of hydrogen-bond acceptors (Lipinski definition) is 3. The van der Waals surface area contributed by atoms with E-state index in [0.717, 1.165) is 36.3 Å². The van der Waals surface area contributed by atoms with Gasteiger partial charge in [0.2, 0.25) is 0 Å². The highest BCUT2D eigenvalue weighted by Gasteiger charge is 2.29. The fraction of sp³-hybridized carbons (Fsp3) is 0.333. The maximum absolute atomic E-state index is 13.5. The van der Waals surface area contributed by atoms with Crippen molar-refractivity contribution in [2.75, 3.05) is 13.1 Å². The lowest BCUT2D eigenvalue weighted by atomic mass is 9.91. The third kappa shape index (κ3) is 4.10. The molecule has 1 aromatic heterocycles. The van der Waals surface area contributed by atoms with Gasteiger partial charge < -0.3 is 10.6 Å². The van der Waals surface area contributed by atoms with Crippen LogP contribution in [0.2, 0.25) is 0 Å². The molecule has 4 rings (SSSR count). The normalized spacial score (nSPS) is 17.9. The molecule has 1 amide bonds. The Morgan fingerprint density at radius 1 is 1.14 bits per heavy atom. The monoisotopic (exact) mass is 388 g/mol. The molecule has 1 aliphatic rings. The summed E-state index contributed by atoms with van der Waals surface area (Å²) in [6.45, 7) is 5.57. The van der Waals surface area contributed by atoms with E-state index in [1.807, 2.05) is 65.2 Å². The van der Waals surface area contributed by atoms with Crippen LogP contribution in [0, 0.1) is 12.8 Å². The average Bonchev–Trinajstić information content (AvgIpc) is 3.20. The molecule has 29 heavy (non-hydrogen) atoms. The maximum Gasteiger partial charge on any atom is 0.257 e. The molecule has 0 aliphatic carbocycles. The quantitative estimate of drug-likeness (QED) is 0.733. The molecule has 150 valence electrons. The molecule has 0 bridgehead atoms. The van der Waals surface area contributed by atoms with Gasteiger partial charge in [0.1, 0.15) is 5.69 Å². The Hall–Kier alpha value is -2.92. The molecule has 2 aromatic carbocycles. The Morgan fingerprint density at radius 3 is 2.55 bits per heavy atom. The Kier molecular flexibility index (Phi) is 5.49. The topological polar surface area (TPSA) is 64.2 Å². The number of nitrogens with zero attached hydrogens (tertiary/aromatic N) is 3. The van der Waals surface area contributed by atoms with Gasteiger partial charge in [-0.3, -0.25) is 4.79 Å². The number of benzene rings is 2. The molecule has 2 N–H and O–H groups in total. The van der Waals surface area contributed by atoms with Crippen LogP contribution in [-0.2, 0) is 0 Å². The Morgan fingerprint density at radius 2 is 1.86 bits per heavy atom. The van der Waals surface area contributed by atoms with Crippen molar-refractivity contribution < 1.29 is 4.79 Å². The minimum atomic E-state index is 0.0348. The van der Waals surface area contributed by atoms with Gasteiger partial charge in [-0.15, -0.1) is 0 Å². The van der Waals surface area contributed by atoms with Crippen molar-refractivity contribution in [1.82, 2.24) is 14.7 Å². The zero-order valence-electron chi connectivity index (χ0n) is 17.1. The van der Waals surface area contributed by atoms with Gasteiger partial charge in [0, 0.05) is 30.9 Å². The number of hydrogen-bond donors (Lipinski definition) is 1. The summed E-state index contributed by atoms with van der Waals surface area (Å²) >= 11 is 0. The van der Waals surface area contributed by atoms with E-state index in [-0.39, 0.29) is 11.9 Å². The summed E-state index contributed by atoms with van der Waals surface area (Å²) in [5.41, 5.74) is 10.6. The highest BCUT2D eigenvalue weighted by atomic mass is 16.2. The van der Waals surface area contributed by atoms with E-state index in [4.69, 9.17) is 10.8 Å². The lowest BCUT2D eigenvalue weighted by Crippen LogP contribution is -2.45. The minimum absolute atomic E-state index is 0.0348. The fourth-order valence-corrected chi connectivity index (χ4v) is 3.96. The van der Waals surface area contributed by atoms with Crippen LogP contribution in [0.15, 0.2) is 60.8 Å². The second-order valence-electron chi connectivity index (χ2n) is 8.05. The number of carbonyl (C=O) groups is 1. The van der Waals surface area contributed by atoms with Crippen molar-refractivity contribution in [3.8, 4) is 16.9 Å². The Bertz CT molecular complexity index is 976. The molecule has 1 fully saturated rings. The summed E-state index contributed by atoms with van der Waals surface area (Å²) in [5, 5.41) is 4.79. The van der Waals surface area contributed by atoms with Crippen molar-refractivity contribution >= 4 is 5.91 Å². The Labute approximate surface area is 172 Å². The van der Waals surface area contributed by atoms with Gasteiger partial charge in [-0.05, 0) is 44.7 Å². The smallest absolute Gasteiger partial charge is 0.257 e. The average molecular weight is 389 g/mol. The number of nitrogens with two attached hydrogens (primary N) is 1. The molecule has 1 aliphatic heterocycles. The van der Waals surface area contributed by atoms with E-state index in [2.05, 4.69) is 19.1 Å². The van der Waals surface area contributed by atoms with Gasteiger partial charge in [0.15, 0.2) is 0 Å². The van der Waals surface area contributed by atoms with E-state index in [1.54, 1.807) is 0 Å². The van der Waals surface area contributed by atoms with E-state index in [9.17, 15) is 4.79 Å². The summed E-state index contributed by atoms with van der Waals surface area (Å²) in [4.78, 5) is 15.4. The first-order valence-electron chi connectivity index (χ1n) is 10.3. The number of aryl methyl sites for hydroxylation is 1. The molecule has 0 radical (unpaired) electrons. The summed E-state index contributed by atoms with van der Waals surface area (Å²) in [6.07, 6.45) is 3.94. The van der Waals surface area contributed by atoms with Crippen molar-refractivity contribution in [1.29, 1.82) is 0 Å². The van der Waals surface area contributed by atoms with Crippen LogP contribution in [0.4, 0.5) is 0 Å². The van der Waals surface area contributed by atoms with Gasteiger partial charge in [0.05, 0.1) is 11.3 Å². The largest absolute Gasteiger partial charge is 0.338 e. The second kappa shape index (κ2) is 8.21. The molecule has 2 atom stereocenters. The molecular weight excluding hydrogens is 360 g/mol. The third-order valence-corrected chi connectivity index (χ3v) is 5.78. The second-order valence-corrected chi connectivity index (χ2v) is 8.05. The van der Waals surface area contributed by atoms with Crippen LogP contribution in [0.25, 0.3) is 16.9 Å².